The molecule has 1 amide bonds. The molecule has 0 aliphatic heterocycles. The maximum Gasteiger partial charge on any atom is 0.450 e. The van der Waals surface area contributed by atoms with Crippen LogP contribution in [0.2, 0.25) is 0 Å². The normalized spacial score (nSPS) is 12.7. The standard InChI is InChI=1S/C17H13F3N2O4S/c1-10(9-23)14(24)22-12-4-2-3-11(7-12)5-6-13-8-21-15(27-13)16(25,26)17(18,19)20/h2-4,7-10,25-26H,1H3,(H,22,24). The van der Waals surface area contributed by atoms with Gasteiger partial charge >= 0.3 is 12.0 Å². The largest absolute Gasteiger partial charge is 0.450 e. The van der Waals surface area contributed by atoms with Crippen LogP contribution >= 0.6 is 11.3 Å². The topological polar surface area (TPSA) is 99.5 Å². The summed E-state index contributed by atoms with van der Waals surface area (Å²) in [6.07, 6.45) is -3.79. The van der Waals surface area contributed by atoms with Crippen molar-refractivity contribution in [3.63, 3.8) is 0 Å². The summed E-state index contributed by atoms with van der Waals surface area (Å²) in [5.74, 6) is -0.109. The lowest BCUT2D eigenvalue weighted by Gasteiger charge is -2.21. The van der Waals surface area contributed by atoms with Crippen LogP contribution in [0.3, 0.4) is 0 Å². The SMILES string of the molecule is CC(C=O)C(=O)Nc1cccc(C#Cc2cnc(C(O)(O)C(F)(F)F)s2)c1. The van der Waals surface area contributed by atoms with Gasteiger partial charge in [0.2, 0.25) is 5.91 Å². The van der Waals surface area contributed by atoms with E-state index in [9.17, 15) is 33.0 Å². The van der Waals surface area contributed by atoms with Gasteiger partial charge < -0.3 is 20.3 Å². The molecule has 0 radical (unpaired) electrons. The van der Waals surface area contributed by atoms with E-state index >= 15 is 0 Å². The van der Waals surface area contributed by atoms with E-state index in [4.69, 9.17) is 0 Å². The molecule has 0 aliphatic carbocycles. The molecule has 1 atom stereocenters. The molecule has 6 nitrogen and oxygen atoms in total. The number of carbonyl (C=O) groups excluding carboxylic acids is 2. The number of nitrogens with one attached hydrogen (secondary N) is 1. The highest BCUT2D eigenvalue weighted by molar-refractivity contribution is 7.12. The lowest BCUT2D eigenvalue weighted by atomic mass is 10.1. The minimum Gasteiger partial charge on any atom is -0.353 e. The van der Waals surface area contributed by atoms with E-state index in [1.165, 1.54) is 13.0 Å². The molecule has 0 spiro atoms. The summed E-state index contributed by atoms with van der Waals surface area (Å²) in [7, 11) is 0. The van der Waals surface area contributed by atoms with Gasteiger partial charge in [0.25, 0.3) is 0 Å². The molecule has 3 N–H and O–H groups in total. The van der Waals surface area contributed by atoms with Crippen molar-refractivity contribution in [1.82, 2.24) is 4.98 Å². The number of aliphatic hydroxyl groups is 2. The number of hydrogen-bond donors (Lipinski definition) is 3. The van der Waals surface area contributed by atoms with Crippen LogP contribution in [0.4, 0.5) is 18.9 Å². The monoisotopic (exact) mass is 398 g/mol. The Bertz CT molecular complexity index is 913. The lowest BCUT2D eigenvalue weighted by Crippen LogP contribution is -2.41. The predicted octanol–water partition coefficient (Wildman–Crippen LogP) is 2.02. The third-order valence-electron chi connectivity index (χ3n) is 3.28. The van der Waals surface area contributed by atoms with Gasteiger partial charge in [0.1, 0.15) is 6.29 Å². The van der Waals surface area contributed by atoms with E-state index < -0.39 is 28.8 Å². The number of rotatable bonds is 4. The third kappa shape index (κ3) is 4.91. The number of alkyl halides is 3. The summed E-state index contributed by atoms with van der Waals surface area (Å²) in [5.41, 5.74) is 0.837. The first-order valence-electron chi connectivity index (χ1n) is 7.40. The van der Waals surface area contributed by atoms with Crippen LogP contribution in [-0.4, -0.2) is 33.6 Å². The van der Waals surface area contributed by atoms with Gasteiger partial charge in [-0.25, -0.2) is 4.98 Å². The van der Waals surface area contributed by atoms with Crippen LogP contribution in [-0.2, 0) is 15.4 Å². The predicted molar refractivity (Wildman–Crippen MR) is 90.6 cm³/mol. The zero-order chi connectivity index (χ0) is 20.2. The average molecular weight is 398 g/mol. The fraction of sp³-hybridized carbons (Fsp3) is 0.235. The van der Waals surface area contributed by atoms with Crippen molar-refractivity contribution < 1.29 is 33.0 Å². The van der Waals surface area contributed by atoms with E-state index in [1.54, 1.807) is 18.2 Å². The molecule has 27 heavy (non-hydrogen) atoms. The summed E-state index contributed by atoms with van der Waals surface area (Å²) in [5, 5.41) is 19.9. The summed E-state index contributed by atoms with van der Waals surface area (Å²) >= 11 is 0.394. The number of thiazole rings is 1. The number of carbonyl (C=O) groups is 2. The zero-order valence-corrected chi connectivity index (χ0v) is 14.6. The van der Waals surface area contributed by atoms with Crippen LogP contribution < -0.4 is 5.32 Å². The molecule has 2 aromatic rings. The second-order valence-corrected chi connectivity index (χ2v) is 6.48. The maximum absolute atomic E-state index is 12.6. The molecule has 0 fully saturated rings. The van der Waals surface area contributed by atoms with E-state index in [-0.39, 0.29) is 4.88 Å². The number of nitrogens with zero attached hydrogens (tertiary/aromatic N) is 1. The van der Waals surface area contributed by atoms with Crippen LogP contribution in [0.25, 0.3) is 0 Å². The second-order valence-electron chi connectivity index (χ2n) is 5.44. The van der Waals surface area contributed by atoms with Gasteiger partial charge in [0.05, 0.1) is 17.0 Å². The molecule has 10 heteroatoms. The van der Waals surface area contributed by atoms with E-state index in [0.717, 1.165) is 6.20 Å². The second kappa shape index (κ2) is 7.87. The van der Waals surface area contributed by atoms with Crippen molar-refractivity contribution in [1.29, 1.82) is 0 Å². The number of aromatic nitrogens is 1. The Hall–Kier alpha value is -2.74. The molecule has 0 bridgehead atoms. The van der Waals surface area contributed by atoms with Gasteiger partial charge in [-0.15, -0.1) is 11.3 Å². The fourth-order valence-electron chi connectivity index (χ4n) is 1.74. The Kier molecular flexibility index (Phi) is 6.00. The summed E-state index contributed by atoms with van der Waals surface area (Å²) in [6, 6.07) is 6.30. The third-order valence-corrected chi connectivity index (χ3v) is 4.29. The highest BCUT2D eigenvalue weighted by atomic mass is 32.1. The number of aldehydes is 1. The number of halogens is 3. The molecule has 0 saturated heterocycles. The van der Waals surface area contributed by atoms with Gasteiger partial charge in [-0.1, -0.05) is 12.0 Å². The Morgan fingerprint density at radius 3 is 2.67 bits per heavy atom. The molecular weight excluding hydrogens is 385 g/mol. The van der Waals surface area contributed by atoms with Gasteiger partial charge in [-0.3, -0.25) is 4.79 Å². The van der Waals surface area contributed by atoms with Crippen molar-refractivity contribution >= 4 is 29.2 Å². The number of hydrogen-bond acceptors (Lipinski definition) is 6. The zero-order valence-electron chi connectivity index (χ0n) is 13.7. The molecule has 0 aliphatic rings. The molecule has 1 aromatic heterocycles. The summed E-state index contributed by atoms with van der Waals surface area (Å²) in [4.78, 5) is 25.7. The van der Waals surface area contributed by atoms with Crippen molar-refractivity contribution in [2.24, 2.45) is 5.92 Å². The van der Waals surface area contributed by atoms with Gasteiger partial charge in [-0.2, -0.15) is 13.2 Å². The Morgan fingerprint density at radius 1 is 1.33 bits per heavy atom. The van der Waals surface area contributed by atoms with Gasteiger partial charge in [-0.05, 0) is 31.0 Å². The van der Waals surface area contributed by atoms with Gasteiger partial charge in [0, 0.05) is 11.3 Å². The average Bonchev–Trinajstić information content (AvgIpc) is 3.08. The Labute approximate surface area is 155 Å². The number of amides is 1. The summed E-state index contributed by atoms with van der Waals surface area (Å²) < 4.78 is 37.8. The lowest BCUT2D eigenvalue weighted by molar-refractivity contribution is -0.358. The molecule has 1 unspecified atom stereocenters. The quantitative estimate of drug-likeness (QED) is 0.317. The van der Waals surface area contributed by atoms with Crippen molar-refractivity contribution in [2.75, 3.05) is 5.32 Å². The molecule has 2 rings (SSSR count). The number of benzene rings is 1. The van der Waals surface area contributed by atoms with E-state index in [2.05, 4.69) is 22.1 Å². The first kappa shape index (κ1) is 20.6. The Balaban J connectivity index is 2.18. The van der Waals surface area contributed by atoms with Crippen LogP contribution in [0.1, 0.15) is 22.4 Å². The van der Waals surface area contributed by atoms with Crippen molar-refractivity contribution in [3.05, 3.63) is 45.9 Å². The van der Waals surface area contributed by atoms with E-state index in [1.807, 2.05) is 0 Å². The molecule has 142 valence electrons. The van der Waals surface area contributed by atoms with E-state index in [0.29, 0.717) is 28.9 Å². The minimum atomic E-state index is -5.29. The number of anilines is 1. The molecule has 1 aromatic carbocycles. The first-order chi connectivity index (χ1) is 12.5. The fourth-order valence-corrected chi connectivity index (χ4v) is 2.52. The molecule has 1 heterocycles. The molecule has 0 saturated carbocycles. The smallest absolute Gasteiger partial charge is 0.353 e. The highest BCUT2D eigenvalue weighted by Crippen LogP contribution is 2.38. The minimum absolute atomic E-state index is 0.0886. The summed E-state index contributed by atoms with van der Waals surface area (Å²) in [6.45, 7) is 1.44. The highest BCUT2D eigenvalue weighted by Gasteiger charge is 2.56. The van der Waals surface area contributed by atoms with Crippen molar-refractivity contribution in [2.45, 2.75) is 18.9 Å². The molecular formula is C17H13F3N2O4S. The van der Waals surface area contributed by atoms with Gasteiger partial charge in [0.15, 0.2) is 5.01 Å². The van der Waals surface area contributed by atoms with Crippen LogP contribution in [0.5, 0.6) is 0 Å². The van der Waals surface area contributed by atoms with Crippen LogP contribution in [0.15, 0.2) is 30.5 Å². The van der Waals surface area contributed by atoms with Crippen molar-refractivity contribution in [3.8, 4) is 11.8 Å². The first-order valence-corrected chi connectivity index (χ1v) is 8.22. The maximum atomic E-state index is 12.6. The van der Waals surface area contributed by atoms with Crippen LogP contribution in [0, 0.1) is 17.8 Å². The Morgan fingerprint density at radius 2 is 2.04 bits per heavy atom.